The van der Waals surface area contributed by atoms with Crippen LogP contribution in [0.5, 0.6) is 0 Å². The molecule has 1 aliphatic heterocycles. The number of carbonyl (C=O) groups excluding carboxylic acids is 1. The third-order valence-electron chi connectivity index (χ3n) is 6.19. The van der Waals surface area contributed by atoms with Crippen molar-refractivity contribution in [2.45, 2.75) is 0 Å². The average molecular weight is 469 g/mol. The summed E-state index contributed by atoms with van der Waals surface area (Å²) < 4.78 is 14.4. The first kappa shape index (κ1) is 20.7. The SMILES string of the molecule is O=C(c1cc(-c2ccccc2)nc2ccccc12)N1CCN(c2nc3ccc(F)cc3s2)CC1. The van der Waals surface area contributed by atoms with Crippen LogP contribution in [0.4, 0.5) is 9.52 Å². The van der Waals surface area contributed by atoms with Crippen molar-refractivity contribution in [1.29, 1.82) is 0 Å². The first-order valence-electron chi connectivity index (χ1n) is 11.2. The summed E-state index contributed by atoms with van der Waals surface area (Å²) in [4.78, 5) is 27.2. The monoisotopic (exact) mass is 468 g/mol. The smallest absolute Gasteiger partial charge is 0.254 e. The van der Waals surface area contributed by atoms with Gasteiger partial charge in [-0.05, 0) is 30.3 Å². The molecule has 0 spiro atoms. The molecule has 0 atom stereocenters. The van der Waals surface area contributed by atoms with Gasteiger partial charge >= 0.3 is 0 Å². The lowest BCUT2D eigenvalue weighted by molar-refractivity contribution is 0.0748. The number of hydrogen-bond acceptors (Lipinski definition) is 5. The van der Waals surface area contributed by atoms with Crippen molar-refractivity contribution in [3.05, 3.63) is 90.2 Å². The third-order valence-corrected chi connectivity index (χ3v) is 7.27. The highest BCUT2D eigenvalue weighted by Crippen LogP contribution is 2.31. The van der Waals surface area contributed by atoms with Crippen LogP contribution in [-0.4, -0.2) is 47.0 Å². The molecule has 5 nitrogen and oxygen atoms in total. The number of nitrogens with zero attached hydrogens (tertiary/aromatic N) is 4. The lowest BCUT2D eigenvalue weighted by atomic mass is 10.0. The number of thiazole rings is 1. The Morgan fingerprint density at radius 3 is 2.41 bits per heavy atom. The minimum absolute atomic E-state index is 0.0156. The van der Waals surface area contributed by atoms with Gasteiger partial charge in [0.15, 0.2) is 5.13 Å². The van der Waals surface area contributed by atoms with Crippen LogP contribution >= 0.6 is 11.3 Å². The highest BCUT2D eigenvalue weighted by Gasteiger charge is 2.25. The average Bonchev–Trinajstić information content (AvgIpc) is 3.31. The van der Waals surface area contributed by atoms with E-state index in [9.17, 15) is 9.18 Å². The molecule has 1 saturated heterocycles. The molecule has 0 bridgehead atoms. The predicted molar refractivity (Wildman–Crippen MR) is 135 cm³/mol. The summed E-state index contributed by atoms with van der Waals surface area (Å²) >= 11 is 1.49. The minimum Gasteiger partial charge on any atom is -0.345 e. The Balaban J connectivity index is 1.27. The standard InChI is InChI=1S/C27H21FN4OS/c28-19-10-11-23-25(16-19)34-27(30-23)32-14-12-31(13-15-32)26(33)21-17-24(18-6-2-1-3-7-18)29-22-9-5-4-8-20(21)22/h1-11,16-17H,12-15H2. The molecule has 2 aromatic heterocycles. The second-order valence-electron chi connectivity index (χ2n) is 8.33. The Kier molecular flexibility index (Phi) is 5.19. The second-order valence-corrected chi connectivity index (χ2v) is 9.34. The van der Waals surface area contributed by atoms with Crippen molar-refractivity contribution in [2.75, 3.05) is 31.1 Å². The predicted octanol–water partition coefficient (Wildman–Crippen LogP) is 5.61. The van der Waals surface area contributed by atoms with E-state index in [1.165, 1.54) is 23.5 Å². The van der Waals surface area contributed by atoms with Crippen LogP contribution in [0.25, 0.3) is 32.4 Å². The van der Waals surface area contributed by atoms with Crippen molar-refractivity contribution in [2.24, 2.45) is 0 Å². The minimum atomic E-state index is -0.252. The zero-order valence-electron chi connectivity index (χ0n) is 18.3. The van der Waals surface area contributed by atoms with Crippen LogP contribution in [0.2, 0.25) is 0 Å². The molecular formula is C27H21FN4OS. The van der Waals surface area contributed by atoms with E-state index in [1.807, 2.05) is 65.6 Å². The fourth-order valence-corrected chi connectivity index (χ4v) is 5.44. The molecule has 168 valence electrons. The van der Waals surface area contributed by atoms with Gasteiger partial charge in [-0.1, -0.05) is 59.9 Å². The van der Waals surface area contributed by atoms with E-state index < -0.39 is 0 Å². The van der Waals surface area contributed by atoms with Crippen LogP contribution in [0.3, 0.4) is 0 Å². The summed E-state index contributed by atoms with van der Waals surface area (Å²) in [6.45, 7) is 2.56. The van der Waals surface area contributed by atoms with E-state index >= 15 is 0 Å². The highest BCUT2D eigenvalue weighted by molar-refractivity contribution is 7.22. The van der Waals surface area contributed by atoms with Crippen molar-refractivity contribution in [3.8, 4) is 11.3 Å². The summed E-state index contributed by atoms with van der Waals surface area (Å²) in [5.41, 5.74) is 4.07. The molecule has 34 heavy (non-hydrogen) atoms. The number of piperazine rings is 1. The Hall–Kier alpha value is -3.84. The lowest BCUT2D eigenvalue weighted by Gasteiger charge is -2.34. The molecular weight excluding hydrogens is 447 g/mol. The van der Waals surface area contributed by atoms with Gasteiger partial charge in [-0.25, -0.2) is 14.4 Å². The second kappa shape index (κ2) is 8.50. The highest BCUT2D eigenvalue weighted by atomic mass is 32.1. The summed E-state index contributed by atoms with van der Waals surface area (Å²) in [5, 5.41) is 1.73. The number of fused-ring (bicyclic) bond motifs is 2. The topological polar surface area (TPSA) is 49.3 Å². The van der Waals surface area contributed by atoms with Gasteiger partial charge in [-0.3, -0.25) is 4.79 Å². The maximum atomic E-state index is 13.6. The molecule has 7 heteroatoms. The van der Waals surface area contributed by atoms with Gasteiger partial charge in [0.1, 0.15) is 5.82 Å². The normalized spacial score (nSPS) is 14.1. The van der Waals surface area contributed by atoms with Gasteiger partial charge in [-0.2, -0.15) is 0 Å². The van der Waals surface area contributed by atoms with Gasteiger partial charge in [-0.15, -0.1) is 0 Å². The number of aromatic nitrogens is 2. The van der Waals surface area contributed by atoms with Gasteiger partial charge < -0.3 is 9.80 Å². The number of pyridine rings is 1. The quantitative estimate of drug-likeness (QED) is 0.345. The summed E-state index contributed by atoms with van der Waals surface area (Å²) in [6, 6.07) is 24.3. The maximum absolute atomic E-state index is 13.6. The fourth-order valence-electron chi connectivity index (χ4n) is 4.40. The number of amides is 1. The first-order valence-corrected chi connectivity index (χ1v) is 12.0. The van der Waals surface area contributed by atoms with Crippen molar-refractivity contribution in [1.82, 2.24) is 14.9 Å². The number of hydrogen-bond donors (Lipinski definition) is 0. The van der Waals surface area contributed by atoms with Crippen molar-refractivity contribution in [3.63, 3.8) is 0 Å². The Morgan fingerprint density at radius 1 is 0.824 bits per heavy atom. The zero-order chi connectivity index (χ0) is 23.1. The van der Waals surface area contributed by atoms with E-state index in [-0.39, 0.29) is 11.7 Å². The number of benzene rings is 3. The Bertz CT molecular complexity index is 1510. The molecule has 0 N–H and O–H groups in total. The molecule has 0 radical (unpaired) electrons. The first-order chi connectivity index (χ1) is 16.7. The molecule has 0 unspecified atom stereocenters. The summed E-state index contributed by atoms with van der Waals surface area (Å²) in [5.74, 6) is -0.237. The molecule has 5 aromatic rings. The van der Waals surface area contributed by atoms with Crippen LogP contribution in [-0.2, 0) is 0 Å². The number of para-hydroxylation sites is 1. The fraction of sp³-hybridized carbons (Fsp3) is 0.148. The molecule has 0 saturated carbocycles. The van der Waals surface area contributed by atoms with Crippen molar-refractivity contribution >= 4 is 43.5 Å². The zero-order valence-corrected chi connectivity index (χ0v) is 19.1. The van der Waals surface area contributed by atoms with Crippen LogP contribution in [0, 0.1) is 5.82 Å². The maximum Gasteiger partial charge on any atom is 0.254 e. The number of carbonyl (C=O) groups is 1. The van der Waals surface area contributed by atoms with E-state index in [4.69, 9.17) is 4.98 Å². The van der Waals surface area contributed by atoms with Gasteiger partial charge in [0.05, 0.1) is 27.0 Å². The molecule has 1 fully saturated rings. The molecule has 1 amide bonds. The van der Waals surface area contributed by atoms with Gasteiger partial charge in [0.2, 0.25) is 0 Å². The molecule has 1 aliphatic rings. The Labute approximate surface area is 200 Å². The van der Waals surface area contributed by atoms with E-state index in [0.29, 0.717) is 31.7 Å². The lowest BCUT2D eigenvalue weighted by Crippen LogP contribution is -2.48. The molecule has 3 aromatic carbocycles. The Morgan fingerprint density at radius 2 is 1.59 bits per heavy atom. The van der Waals surface area contributed by atoms with E-state index in [1.54, 1.807) is 6.07 Å². The number of rotatable bonds is 3. The van der Waals surface area contributed by atoms with Gasteiger partial charge in [0.25, 0.3) is 5.91 Å². The third kappa shape index (κ3) is 3.78. The van der Waals surface area contributed by atoms with E-state index in [2.05, 4.69) is 9.88 Å². The van der Waals surface area contributed by atoms with E-state index in [0.717, 1.165) is 37.5 Å². The molecule has 0 aliphatic carbocycles. The van der Waals surface area contributed by atoms with Crippen LogP contribution < -0.4 is 4.90 Å². The van der Waals surface area contributed by atoms with Gasteiger partial charge in [0, 0.05) is 37.1 Å². The summed E-state index contributed by atoms with van der Waals surface area (Å²) in [7, 11) is 0. The summed E-state index contributed by atoms with van der Waals surface area (Å²) in [6.07, 6.45) is 0. The molecule has 3 heterocycles. The van der Waals surface area contributed by atoms with Crippen LogP contribution in [0.1, 0.15) is 10.4 Å². The van der Waals surface area contributed by atoms with Crippen molar-refractivity contribution < 1.29 is 9.18 Å². The number of halogens is 1. The molecule has 6 rings (SSSR count). The van der Waals surface area contributed by atoms with Crippen LogP contribution in [0.15, 0.2) is 78.9 Å². The number of anilines is 1. The largest absolute Gasteiger partial charge is 0.345 e.